The van der Waals surface area contributed by atoms with E-state index < -0.39 is 0 Å². The summed E-state index contributed by atoms with van der Waals surface area (Å²) < 4.78 is 5.66. The molecule has 0 aliphatic carbocycles. The van der Waals surface area contributed by atoms with E-state index in [1.165, 1.54) is 5.56 Å². The molecule has 0 fully saturated rings. The van der Waals surface area contributed by atoms with Crippen molar-refractivity contribution < 1.29 is 4.74 Å². The number of halogens is 1. The van der Waals surface area contributed by atoms with Crippen LogP contribution in [0, 0.1) is 0 Å². The number of nitrogens with zero attached hydrogens (tertiary/aromatic N) is 2. The largest absolute Gasteiger partial charge is 0.439 e. The van der Waals surface area contributed by atoms with Crippen LogP contribution in [0.15, 0.2) is 36.5 Å². The van der Waals surface area contributed by atoms with E-state index in [1.54, 1.807) is 12.3 Å². The normalized spacial score (nSPS) is 11.3. The first-order valence-electron chi connectivity index (χ1n) is 5.72. The van der Waals surface area contributed by atoms with Gasteiger partial charge >= 0.3 is 0 Å². The number of aromatic nitrogens is 2. The minimum Gasteiger partial charge on any atom is -0.439 e. The third kappa shape index (κ3) is 3.20. The lowest BCUT2D eigenvalue weighted by Gasteiger charge is -2.19. The fraction of sp³-hybridized carbons (Fsp3) is 0.286. The van der Waals surface area contributed by atoms with Gasteiger partial charge in [-0.05, 0) is 34.7 Å². The van der Waals surface area contributed by atoms with Crippen molar-refractivity contribution in [1.29, 1.82) is 0 Å². The Balaban J connectivity index is 2.25. The summed E-state index contributed by atoms with van der Waals surface area (Å²) in [6, 6.07) is 9.63. The van der Waals surface area contributed by atoms with Gasteiger partial charge in [0.05, 0.1) is 0 Å². The Labute approximate surface area is 112 Å². The van der Waals surface area contributed by atoms with Gasteiger partial charge in [0.1, 0.15) is 5.75 Å². The SMILES string of the molecule is CC(C)(C)c1cccc(Oc2ccnc(Cl)n2)c1. The van der Waals surface area contributed by atoms with E-state index in [9.17, 15) is 0 Å². The van der Waals surface area contributed by atoms with Crippen LogP contribution >= 0.6 is 11.6 Å². The lowest BCUT2D eigenvalue weighted by molar-refractivity contribution is 0.458. The predicted molar refractivity (Wildman–Crippen MR) is 72.3 cm³/mol. The molecule has 1 aromatic heterocycles. The monoisotopic (exact) mass is 262 g/mol. The molecule has 0 saturated heterocycles. The van der Waals surface area contributed by atoms with Crippen LogP contribution in [0.5, 0.6) is 11.6 Å². The molecule has 0 radical (unpaired) electrons. The molecular formula is C14H15ClN2O. The number of hydrogen-bond acceptors (Lipinski definition) is 3. The summed E-state index contributed by atoms with van der Waals surface area (Å²) in [7, 11) is 0. The van der Waals surface area contributed by atoms with Crippen LogP contribution in [0.25, 0.3) is 0 Å². The zero-order valence-corrected chi connectivity index (χ0v) is 11.4. The minimum absolute atomic E-state index is 0.0860. The second-order valence-electron chi connectivity index (χ2n) is 5.04. The molecule has 0 aliphatic heterocycles. The van der Waals surface area contributed by atoms with Gasteiger partial charge in [0.2, 0.25) is 11.2 Å². The summed E-state index contributed by atoms with van der Waals surface area (Å²) in [4.78, 5) is 7.80. The molecule has 0 bridgehead atoms. The first kappa shape index (κ1) is 12.8. The van der Waals surface area contributed by atoms with Crippen molar-refractivity contribution in [2.24, 2.45) is 0 Å². The Hall–Kier alpha value is -1.61. The first-order chi connectivity index (χ1) is 8.45. The fourth-order valence-corrected chi connectivity index (χ4v) is 1.66. The van der Waals surface area contributed by atoms with Crippen molar-refractivity contribution in [1.82, 2.24) is 9.97 Å². The van der Waals surface area contributed by atoms with Crippen molar-refractivity contribution in [2.45, 2.75) is 26.2 Å². The van der Waals surface area contributed by atoms with Gasteiger partial charge in [-0.3, -0.25) is 0 Å². The fourth-order valence-electron chi connectivity index (χ4n) is 1.52. The zero-order valence-electron chi connectivity index (χ0n) is 10.6. The van der Waals surface area contributed by atoms with E-state index in [-0.39, 0.29) is 10.7 Å². The van der Waals surface area contributed by atoms with E-state index in [2.05, 4.69) is 36.8 Å². The predicted octanol–water partition coefficient (Wildman–Crippen LogP) is 4.22. The van der Waals surface area contributed by atoms with Gasteiger partial charge in [-0.1, -0.05) is 32.9 Å². The van der Waals surface area contributed by atoms with Gasteiger partial charge in [0.15, 0.2) is 0 Å². The van der Waals surface area contributed by atoms with Gasteiger partial charge in [-0.25, -0.2) is 4.98 Å². The molecule has 0 spiro atoms. The molecule has 0 N–H and O–H groups in total. The highest BCUT2D eigenvalue weighted by Crippen LogP contribution is 2.27. The topological polar surface area (TPSA) is 35.0 Å². The lowest BCUT2D eigenvalue weighted by atomic mass is 9.87. The van der Waals surface area contributed by atoms with E-state index in [0.717, 1.165) is 5.75 Å². The minimum atomic E-state index is 0.0860. The van der Waals surface area contributed by atoms with Crippen LogP contribution < -0.4 is 4.74 Å². The number of ether oxygens (including phenoxy) is 1. The summed E-state index contributed by atoms with van der Waals surface area (Å²) >= 11 is 5.71. The quantitative estimate of drug-likeness (QED) is 0.760. The van der Waals surface area contributed by atoms with Gasteiger partial charge in [0, 0.05) is 12.3 Å². The summed E-state index contributed by atoms with van der Waals surface area (Å²) in [6.07, 6.45) is 1.57. The maximum Gasteiger partial charge on any atom is 0.225 e. The molecule has 18 heavy (non-hydrogen) atoms. The Morgan fingerprint density at radius 1 is 1.17 bits per heavy atom. The van der Waals surface area contributed by atoms with Crippen molar-refractivity contribution in [2.75, 3.05) is 0 Å². The maximum atomic E-state index is 5.71. The highest BCUT2D eigenvalue weighted by Gasteiger charge is 2.14. The lowest BCUT2D eigenvalue weighted by Crippen LogP contribution is -2.10. The van der Waals surface area contributed by atoms with E-state index in [4.69, 9.17) is 16.3 Å². The van der Waals surface area contributed by atoms with Crippen molar-refractivity contribution in [3.05, 3.63) is 47.4 Å². The molecule has 0 unspecified atom stereocenters. The Morgan fingerprint density at radius 3 is 2.61 bits per heavy atom. The molecule has 4 heteroatoms. The second-order valence-corrected chi connectivity index (χ2v) is 5.38. The van der Waals surface area contributed by atoms with Gasteiger partial charge in [-0.15, -0.1) is 0 Å². The zero-order chi connectivity index (χ0) is 13.2. The van der Waals surface area contributed by atoms with Gasteiger partial charge < -0.3 is 4.74 Å². The Bertz CT molecular complexity index is 549. The summed E-state index contributed by atoms with van der Waals surface area (Å²) in [5.74, 6) is 1.19. The third-order valence-corrected chi connectivity index (χ3v) is 2.71. The molecule has 94 valence electrons. The molecule has 2 aromatic rings. The van der Waals surface area contributed by atoms with Gasteiger partial charge in [0.25, 0.3) is 0 Å². The summed E-state index contributed by atoms with van der Waals surface area (Å²) in [6.45, 7) is 6.48. The van der Waals surface area contributed by atoms with E-state index >= 15 is 0 Å². The molecule has 0 amide bonds. The molecule has 3 nitrogen and oxygen atoms in total. The maximum absolute atomic E-state index is 5.71. The van der Waals surface area contributed by atoms with Crippen LogP contribution in [0.2, 0.25) is 5.28 Å². The highest BCUT2D eigenvalue weighted by atomic mass is 35.5. The molecule has 0 atom stereocenters. The second kappa shape index (κ2) is 4.94. The average molecular weight is 263 g/mol. The molecule has 2 rings (SSSR count). The number of hydrogen-bond donors (Lipinski definition) is 0. The van der Waals surface area contributed by atoms with Crippen molar-refractivity contribution in [3.63, 3.8) is 0 Å². The first-order valence-corrected chi connectivity index (χ1v) is 6.10. The van der Waals surface area contributed by atoms with Crippen LogP contribution in [-0.2, 0) is 5.41 Å². The van der Waals surface area contributed by atoms with Crippen LogP contribution in [0.4, 0.5) is 0 Å². The molecular weight excluding hydrogens is 248 g/mol. The average Bonchev–Trinajstić information content (AvgIpc) is 2.28. The van der Waals surface area contributed by atoms with Gasteiger partial charge in [-0.2, -0.15) is 4.98 Å². The Kier molecular flexibility index (Phi) is 3.53. The van der Waals surface area contributed by atoms with Crippen LogP contribution in [0.3, 0.4) is 0 Å². The molecule has 0 saturated carbocycles. The highest BCUT2D eigenvalue weighted by molar-refractivity contribution is 6.28. The molecule has 1 aromatic carbocycles. The van der Waals surface area contributed by atoms with Crippen LogP contribution in [0.1, 0.15) is 26.3 Å². The van der Waals surface area contributed by atoms with Crippen LogP contribution in [-0.4, -0.2) is 9.97 Å². The summed E-state index contributed by atoms with van der Waals surface area (Å²) in [5.41, 5.74) is 1.29. The molecule has 1 heterocycles. The Morgan fingerprint density at radius 2 is 1.94 bits per heavy atom. The van der Waals surface area contributed by atoms with Crippen molar-refractivity contribution >= 4 is 11.6 Å². The van der Waals surface area contributed by atoms with E-state index in [1.807, 2.05) is 18.2 Å². The molecule has 0 aliphatic rings. The number of benzene rings is 1. The third-order valence-electron chi connectivity index (χ3n) is 2.52. The standard InChI is InChI=1S/C14H15ClN2O/c1-14(2,3)10-5-4-6-11(9-10)18-12-7-8-16-13(15)17-12/h4-9H,1-3H3. The van der Waals surface area contributed by atoms with E-state index in [0.29, 0.717) is 5.88 Å². The van der Waals surface area contributed by atoms with Crippen molar-refractivity contribution in [3.8, 4) is 11.6 Å². The number of rotatable bonds is 2. The summed E-state index contributed by atoms with van der Waals surface area (Å²) in [5, 5.41) is 0.180. The smallest absolute Gasteiger partial charge is 0.225 e.